The normalized spacial score (nSPS) is 17.9. The van der Waals surface area contributed by atoms with E-state index in [1.165, 1.54) is 23.8 Å². The summed E-state index contributed by atoms with van der Waals surface area (Å²) < 4.78 is 9.86. The second-order valence-electron chi connectivity index (χ2n) is 9.16. The Balaban J connectivity index is 1.37. The van der Waals surface area contributed by atoms with Gasteiger partial charge in [0.25, 0.3) is 0 Å². The Kier molecular flexibility index (Phi) is 8.87. The van der Waals surface area contributed by atoms with Crippen molar-refractivity contribution in [3.8, 4) is 11.1 Å². The number of fused-ring (bicyclic) bond motifs is 3. The Labute approximate surface area is 221 Å². The lowest BCUT2D eigenvalue weighted by atomic mass is 9.97. The number of methoxy groups -OCH3 is 1. The fourth-order valence-electron chi connectivity index (χ4n) is 4.81. The number of amides is 3. The van der Waals surface area contributed by atoms with Crippen molar-refractivity contribution in [3.63, 3.8) is 0 Å². The van der Waals surface area contributed by atoms with Crippen molar-refractivity contribution >= 4 is 41.3 Å². The Morgan fingerprint density at radius 2 is 1.86 bits per heavy atom. The molecule has 1 fully saturated rings. The van der Waals surface area contributed by atoms with Crippen LogP contribution in [0.5, 0.6) is 0 Å². The molecule has 1 N–H and O–H groups in total. The van der Waals surface area contributed by atoms with Crippen molar-refractivity contribution in [2.45, 2.75) is 50.2 Å². The van der Waals surface area contributed by atoms with E-state index in [1.807, 2.05) is 42.5 Å². The van der Waals surface area contributed by atoms with Gasteiger partial charge in [0.1, 0.15) is 6.61 Å². The van der Waals surface area contributed by atoms with Crippen molar-refractivity contribution in [2.75, 3.05) is 31.3 Å². The first-order valence-corrected chi connectivity index (χ1v) is 13.7. The van der Waals surface area contributed by atoms with E-state index >= 15 is 0 Å². The highest BCUT2D eigenvalue weighted by molar-refractivity contribution is 8.00. The van der Waals surface area contributed by atoms with Gasteiger partial charge in [0.2, 0.25) is 17.7 Å². The van der Waals surface area contributed by atoms with Gasteiger partial charge in [0.05, 0.1) is 12.4 Å². The largest absolute Gasteiger partial charge is 0.508 e. The SMILES string of the molecule is CCCCCSC1CC(=O)N(CCC(=O)Nc2ccc3c(c2)C(COC(=O)OC)c2ccccc2-3)C1=O. The molecule has 3 amide bonds. The summed E-state index contributed by atoms with van der Waals surface area (Å²) in [6, 6.07) is 13.6. The summed E-state index contributed by atoms with van der Waals surface area (Å²) in [5.41, 5.74) is 4.65. The highest BCUT2D eigenvalue weighted by Crippen LogP contribution is 2.45. The van der Waals surface area contributed by atoms with Gasteiger partial charge in [-0.25, -0.2) is 4.79 Å². The van der Waals surface area contributed by atoms with Gasteiger partial charge in [-0.1, -0.05) is 50.1 Å². The zero-order valence-electron chi connectivity index (χ0n) is 21.2. The number of anilines is 1. The molecular weight excluding hydrogens is 492 g/mol. The van der Waals surface area contributed by atoms with Crippen LogP contribution in [0.1, 0.15) is 56.1 Å². The fourth-order valence-corrected chi connectivity index (χ4v) is 6.00. The van der Waals surface area contributed by atoms with Gasteiger partial charge < -0.3 is 14.8 Å². The number of thioether (sulfide) groups is 1. The lowest BCUT2D eigenvalue weighted by Gasteiger charge is -2.16. The van der Waals surface area contributed by atoms with Crippen LogP contribution >= 0.6 is 11.8 Å². The van der Waals surface area contributed by atoms with Gasteiger partial charge >= 0.3 is 6.16 Å². The molecule has 0 aromatic heterocycles. The predicted molar refractivity (Wildman–Crippen MR) is 142 cm³/mol. The van der Waals surface area contributed by atoms with E-state index in [0.29, 0.717) is 5.69 Å². The number of rotatable bonds is 11. The van der Waals surface area contributed by atoms with Crippen LogP contribution in [-0.4, -0.2) is 60.0 Å². The molecule has 2 aliphatic rings. The van der Waals surface area contributed by atoms with Gasteiger partial charge in [0.15, 0.2) is 0 Å². The smallest absolute Gasteiger partial charge is 0.438 e. The van der Waals surface area contributed by atoms with Crippen LogP contribution in [0, 0.1) is 0 Å². The molecule has 1 aliphatic carbocycles. The van der Waals surface area contributed by atoms with Crippen molar-refractivity contribution in [1.82, 2.24) is 4.90 Å². The standard InChI is InChI=1S/C28H32N2O6S/c1-3-4-7-14-37-24-16-26(32)30(27(24)33)13-12-25(31)29-18-10-11-21-19-8-5-6-9-20(19)23(22(21)15-18)17-36-28(34)35-2/h5-6,8-11,15,23-24H,3-4,7,12-14,16-17H2,1-2H3,(H,29,31). The third-order valence-corrected chi connectivity index (χ3v) is 8.00. The molecule has 2 unspecified atom stereocenters. The van der Waals surface area contributed by atoms with Gasteiger partial charge in [0, 0.05) is 31.0 Å². The number of ether oxygens (including phenoxy) is 2. The topological polar surface area (TPSA) is 102 Å². The minimum Gasteiger partial charge on any atom is -0.438 e. The average molecular weight is 525 g/mol. The Bertz CT molecular complexity index is 1180. The number of benzene rings is 2. The summed E-state index contributed by atoms with van der Waals surface area (Å²) in [5.74, 6) is -0.0107. The summed E-state index contributed by atoms with van der Waals surface area (Å²) in [5, 5.41) is 2.54. The third-order valence-electron chi connectivity index (χ3n) is 6.70. The highest BCUT2D eigenvalue weighted by atomic mass is 32.2. The Morgan fingerprint density at radius 1 is 1.08 bits per heavy atom. The van der Waals surface area contributed by atoms with Crippen molar-refractivity contribution < 1.29 is 28.7 Å². The van der Waals surface area contributed by atoms with Crippen molar-refractivity contribution in [1.29, 1.82) is 0 Å². The van der Waals surface area contributed by atoms with Crippen LogP contribution in [0.2, 0.25) is 0 Å². The Hall–Kier alpha value is -3.33. The molecule has 2 atom stereocenters. The molecule has 0 radical (unpaired) electrons. The molecule has 2 aromatic carbocycles. The molecular formula is C28H32N2O6S. The summed E-state index contributed by atoms with van der Waals surface area (Å²) >= 11 is 1.54. The summed E-state index contributed by atoms with van der Waals surface area (Å²) in [4.78, 5) is 50.5. The third kappa shape index (κ3) is 6.15. The van der Waals surface area contributed by atoms with E-state index in [1.54, 1.807) is 0 Å². The number of nitrogens with zero attached hydrogens (tertiary/aromatic N) is 1. The van der Waals surface area contributed by atoms with Crippen LogP contribution in [0.3, 0.4) is 0 Å². The van der Waals surface area contributed by atoms with Crippen molar-refractivity contribution in [2.24, 2.45) is 0 Å². The van der Waals surface area contributed by atoms with Crippen LogP contribution in [0.15, 0.2) is 42.5 Å². The second-order valence-corrected chi connectivity index (χ2v) is 10.5. The van der Waals surface area contributed by atoms with E-state index in [0.717, 1.165) is 47.3 Å². The first-order valence-electron chi connectivity index (χ1n) is 12.6. The molecule has 37 heavy (non-hydrogen) atoms. The lowest BCUT2D eigenvalue weighted by molar-refractivity contribution is -0.138. The number of hydrogen-bond donors (Lipinski definition) is 1. The summed E-state index contributed by atoms with van der Waals surface area (Å²) in [6.07, 6.45) is 2.73. The maximum Gasteiger partial charge on any atom is 0.508 e. The molecule has 196 valence electrons. The van der Waals surface area contributed by atoms with Gasteiger partial charge in [-0.3, -0.25) is 19.3 Å². The number of nitrogens with one attached hydrogen (secondary N) is 1. The molecule has 1 heterocycles. The second kappa shape index (κ2) is 12.3. The van der Waals surface area contributed by atoms with E-state index in [4.69, 9.17) is 4.74 Å². The Morgan fingerprint density at radius 3 is 2.65 bits per heavy atom. The predicted octanol–water partition coefficient (Wildman–Crippen LogP) is 4.96. The minimum absolute atomic E-state index is 0.0247. The molecule has 4 rings (SSSR count). The number of carbonyl (C=O) groups is 4. The first kappa shape index (κ1) is 26.7. The summed E-state index contributed by atoms with van der Waals surface area (Å²) in [6.45, 7) is 2.31. The van der Waals surface area contributed by atoms with Crippen LogP contribution < -0.4 is 5.32 Å². The number of imide groups is 1. The first-order chi connectivity index (χ1) is 17.9. The molecule has 2 aromatic rings. The van der Waals surface area contributed by atoms with Gasteiger partial charge in [-0.15, -0.1) is 11.8 Å². The number of hydrogen-bond acceptors (Lipinski definition) is 7. The molecule has 0 saturated carbocycles. The van der Waals surface area contributed by atoms with Crippen molar-refractivity contribution in [3.05, 3.63) is 53.6 Å². The quantitative estimate of drug-likeness (QED) is 0.252. The molecule has 0 bridgehead atoms. The van der Waals surface area contributed by atoms with Gasteiger partial charge in [-0.2, -0.15) is 0 Å². The van der Waals surface area contributed by atoms with E-state index in [-0.39, 0.29) is 54.9 Å². The zero-order valence-corrected chi connectivity index (χ0v) is 22.0. The number of unbranched alkanes of at least 4 members (excludes halogenated alkanes) is 2. The van der Waals surface area contributed by atoms with Crippen LogP contribution in [0.4, 0.5) is 10.5 Å². The number of carbonyl (C=O) groups excluding carboxylic acids is 4. The molecule has 1 saturated heterocycles. The highest BCUT2D eigenvalue weighted by Gasteiger charge is 2.38. The molecule has 8 nitrogen and oxygen atoms in total. The minimum atomic E-state index is -0.747. The molecule has 0 spiro atoms. The van der Waals surface area contributed by atoms with Gasteiger partial charge in [-0.05, 0) is 46.6 Å². The number of likely N-dealkylation sites (tertiary alicyclic amines) is 1. The molecule has 9 heteroatoms. The maximum atomic E-state index is 12.7. The lowest BCUT2D eigenvalue weighted by Crippen LogP contribution is -2.34. The van der Waals surface area contributed by atoms with Crippen LogP contribution in [-0.2, 0) is 23.9 Å². The zero-order chi connectivity index (χ0) is 26.4. The van der Waals surface area contributed by atoms with Crippen LogP contribution in [0.25, 0.3) is 11.1 Å². The summed E-state index contributed by atoms with van der Waals surface area (Å²) in [7, 11) is 1.27. The van der Waals surface area contributed by atoms with E-state index < -0.39 is 6.16 Å². The monoisotopic (exact) mass is 524 g/mol. The molecule has 1 aliphatic heterocycles. The van der Waals surface area contributed by atoms with E-state index in [2.05, 4.69) is 17.0 Å². The fraction of sp³-hybridized carbons (Fsp3) is 0.429. The maximum absolute atomic E-state index is 12.7. The van der Waals surface area contributed by atoms with E-state index in [9.17, 15) is 19.2 Å². The average Bonchev–Trinajstić information content (AvgIpc) is 3.36.